The minimum atomic E-state index is -0.759. The Bertz CT molecular complexity index is 209. The maximum atomic E-state index is 10.7. The highest BCUT2D eigenvalue weighted by Gasteiger charge is 2.16. The molecule has 68 valence electrons. The zero-order chi connectivity index (χ0) is 8.97. The van der Waals surface area contributed by atoms with E-state index in [1.54, 1.807) is 0 Å². The van der Waals surface area contributed by atoms with Crippen LogP contribution in [0.25, 0.3) is 0 Å². The van der Waals surface area contributed by atoms with Gasteiger partial charge in [-0.3, -0.25) is 0 Å². The quantitative estimate of drug-likeness (QED) is 0.666. The van der Waals surface area contributed by atoms with Gasteiger partial charge in [-0.25, -0.2) is 4.79 Å². The van der Waals surface area contributed by atoms with E-state index in [-0.39, 0.29) is 0 Å². The first kappa shape index (κ1) is 9.26. The largest absolute Gasteiger partial charge is 0.478 e. The summed E-state index contributed by atoms with van der Waals surface area (Å²) >= 11 is 0. The van der Waals surface area contributed by atoms with E-state index in [0.29, 0.717) is 12.1 Å². The zero-order valence-corrected chi connectivity index (χ0v) is 7.39. The number of carbonyl (C=O) groups is 1. The van der Waals surface area contributed by atoms with Crippen LogP contribution in [0.3, 0.4) is 0 Å². The summed E-state index contributed by atoms with van der Waals surface area (Å²) < 4.78 is 0. The predicted octanol–water partition coefficient (Wildman–Crippen LogP) is 1.16. The first-order valence-corrected chi connectivity index (χ1v) is 4.40. The fourth-order valence-electron chi connectivity index (χ4n) is 1.53. The van der Waals surface area contributed by atoms with Gasteiger partial charge in [0.25, 0.3) is 0 Å². The molecule has 0 spiro atoms. The molecule has 0 saturated heterocycles. The van der Waals surface area contributed by atoms with E-state index < -0.39 is 5.97 Å². The van der Waals surface area contributed by atoms with Crippen LogP contribution in [0, 0.1) is 0 Å². The number of rotatable bonds is 3. The Kier molecular flexibility index (Phi) is 3.29. The number of hydrogen-bond donors (Lipinski definition) is 2. The summed E-state index contributed by atoms with van der Waals surface area (Å²) in [6, 6.07) is 0. The van der Waals surface area contributed by atoms with Crippen molar-refractivity contribution in [1.29, 1.82) is 0 Å². The molecule has 0 atom stereocenters. The van der Waals surface area contributed by atoms with E-state index in [1.165, 1.54) is 0 Å². The molecule has 12 heavy (non-hydrogen) atoms. The van der Waals surface area contributed by atoms with Crippen LogP contribution in [-0.4, -0.2) is 24.2 Å². The number of hydrogen-bond acceptors (Lipinski definition) is 2. The van der Waals surface area contributed by atoms with Gasteiger partial charge in [-0.05, 0) is 19.4 Å². The van der Waals surface area contributed by atoms with Crippen LogP contribution >= 0.6 is 0 Å². The second-order valence-electron chi connectivity index (χ2n) is 3.06. The second kappa shape index (κ2) is 4.26. The predicted molar refractivity (Wildman–Crippen MR) is 47.1 cm³/mol. The molecular formula is C9H15NO2. The number of aliphatic carboxylic acids is 1. The fraction of sp³-hybridized carbons (Fsp3) is 0.667. The highest BCUT2D eigenvalue weighted by atomic mass is 16.4. The van der Waals surface area contributed by atoms with Gasteiger partial charge >= 0.3 is 5.97 Å². The molecule has 0 amide bonds. The number of carboxylic acids is 1. The Morgan fingerprint density at radius 1 is 1.67 bits per heavy atom. The molecule has 3 nitrogen and oxygen atoms in total. The Balaban J connectivity index is 2.75. The third-order valence-electron chi connectivity index (χ3n) is 2.14. The van der Waals surface area contributed by atoms with Crippen LogP contribution < -0.4 is 5.32 Å². The molecule has 0 aromatic carbocycles. The van der Waals surface area contributed by atoms with Crippen LogP contribution in [0.2, 0.25) is 0 Å². The van der Waals surface area contributed by atoms with Gasteiger partial charge in [0.05, 0.1) is 5.57 Å². The van der Waals surface area contributed by atoms with E-state index in [0.717, 1.165) is 31.4 Å². The highest BCUT2D eigenvalue weighted by Crippen LogP contribution is 2.17. The van der Waals surface area contributed by atoms with Gasteiger partial charge in [-0.1, -0.05) is 18.9 Å². The minimum absolute atomic E-state index is 0.532. The van der Waals surface area contributed by atoms with Crippen LogP contribution in [0.1, 0.15) is 26.2 Å². The van der Waals surface area contributed by atoms with E-state index in [4.69, 9.17) is 5.11 Å². The topological polar surface area (TPSA) is 49.3 Å². The average Bonchev–Trinajstić information content (AvgIpc) is 2.05. The summed E-state index contributed by atoms with van der Waals surface area (Å²) in [6.07, 6.45) is 2.87. The molecule has 0 fully saturated rings. The van der Waals surface area contributed by atoms with Crippen molar-refractivity contribution in [3.05, 3.63) is 11.1 Å². The molecule has 1 aliphatic rings. The first-order valence-electron chi connectivity index (χ1n) is 4.40. The Labute approximate surface area is 72.5 Å². The van der Waals surface area contributed by atoms with Crippen LogP contribution in [0.5, 0.6) is 0 Å². The Morgan fingerprint density at radius 3 is 3.00 bits per heavy atom. The van der Waals surface area contributed by atoms with Crippen molar-refractivity contribution in [1.82, 2.24) is 5.32 Å². The average molecular weight is 169 g/mol. The van der Waals surface area contributed by atoms with Gasteiger partial charge in [0.2, 0.25) is 0 Å². The third kappa shape index (κ3) is 2.08. The Hall–Kier alpha value is -0.830. The van der Waals surface area contributed by atoms with Gasteiger partial charge < -0.3 is 10.4 Å². The highest BCUT2D eigenvalue weighted by molar-refractivity contribution is 5.88. The lowest BCUT2D eigenvalue weighted by atomic mass is 9.97. The summed E-state index contributed by atoms with van der Waals surface area (Å²) in [5.74, 6) is -0.759. The molecule has 0 aliphatic carbocycles. The molecular weight excluding hydrogens is 154 g/mol. The zero-order valence-electron chi connectivity index (χ0n) is 7.39. The minimum Gasteiger partial charge on any atom is -0.478 e. The van der Waals surface area contributed by atoms with Crippen LogP contribution in [-0.2, 0) is 4.79 Å². The lowest BCUT2D eigenvalue weighted by Crippen LogP contribution is -2.28. The summed E-state index contributed by atoms with van der Waals surface area (Å²) in [5.41, 5.74) is 1.71. The van der Waals surface area contributed by atoms with Crippen molar-refractivity contribution in [3.8, 4) is 0 Å². The molecule has 0 aromatic heterocycles. The molecule has 1 rings (SSSR count). The van der Waals surface area contributed by atoms with Crippen LogP contribution in [0.15, 0.2) is 11.1 Å². The maximum absolute atomic E-state index is 10.7. The van der Waals surface area contributed by atoms with Crippen molar-refractivity contribution in [3.63, 3.8) is 0 Å². The van der Waals surface area contributed by atoms with E-state index in [9.17, 15) is 4.79 Å². The molecule has 0 bridgehead atoms. The molecule has 1 aliphatic heterocycles. The summed E-state index contributed by atoms with van der Waals surface area (Å²) in [4.78, 5) is 10.7. The summed E-state index contributed by atoms with van der Waals surface area (Å²) in [7, 11) is 0. The van der Waals surface area contributed by atoms with Gasteiger partial charge in [0.1, 0.15) is 0 Å². The van der Waals surface area contributed by atoms with Crippen molar-refractivity contribution in [2.75, 3.05) is 13.1 Å². The van der Waals surface area contributed by atoms with Crippen molar-refractivity contribution >= 4 is 5.97 Å². The van der Waals surface area contributed by atoms with Gasteiger partial charge in [0.15, 0.2) is 0 Å². The van der Waals surface area contributed by atoms with Gasteiger partial charge in [-0.15, -0.1) is 0 Å². The normalized spacial score (nSPS) is 18.1. The SMILES string of the molecule is CCCC1=C(C(=O)O)CNCC1. The number of nitrogens with one attached hydrogen (secondary N) is 1. The fourth-order valence-corrected chi connectivity index (χ4v) is 1.53. The van der Waals surface area contributed by atoms with E-state index in [1.807, 2.05) is 0 Å². The molecule has 0 aromatic rings. The second-order valence-corrected chi connectivity index (χ2v) is 3.06. The molecule has 2 N–H and O–H groups in total. The number of carboxylic acid groups (broad SMARTS) is 1. The van der Waals surface area contributed by atoms with E-state index >= 15 is 0 Å². The molecule has 3 heteroatoms. The third-order valence-corrected chi connectivity index (χ3v) is 2.14. The summed E-state index contributed by atoms with van der Waals surface area (Å²) in [5, 5.41) is 11.9. The first-order chi connectivity index (χ1) is 5.75. The molecule has 1 heterocycles. The maximum Gasteiger partial charge on any atom is 0.332 e. The van der Waals surface area contributed by atoms with Gasteiger partial charge in [-0.2, -0.15) is 0 Å². The smallest absolute Gasteiger partial charge is 0.332 e. The van der Waals surface area contributed by atoms with Gasteiger partial charge in [0, 0.05) is 6.54 Å². The van der Waals surface area contributed by atoms with Crippen molar-refractivity contribution in [2.24, 2.45) is 0 Å². The van der Waals surface area contributed by atoms with Crippen molar-refractivity contribution < 1.29 is 9.90 Å². The Morgan fingerprint density at radius 2 is 2.42 bits per heavy atom. The summed E-state index contributed by atoms with van der Waals surface area (Å²) in [6.45, 7) is 3.53. The molecule has 0 radical (unpaired) electrons. The molecule has 0 unspecified atom stereocenters. The standard InChI is InChI=1S/C9H15NO2/c1-2-3-7-4-5-10-6-8(7)9(11)12/h10H,2-6H2,1H3,(H,11,12). The van der Waals surface area contributed by atoms with E-state index in [2.05, 4.69) is 12.2 Å². The van der Waals surface area contributed by atoms with Crippen LogP contribution in [0.4, 0.5) is 0 Å². The lowest BCUT2D eigenvalue weighted by molar-refractivity contribution is -0.132. The van der Waals surface area contributed by atoms with Crippen molar-refractivity contribution in [2.45, 2.75) is 26.2 Å². The monoisotopic (exact) mass is 169 g/mol. The molecule has 0 saturated carbocycles. The lowest BCUT2D eigenvalue weighted by Gasteiger charge is -2.18.